The van der Waals surface area contributed by atoms with Crippen molar-refractivity contribution in [3.05, 3.63) is 34.9 Å². The molecule has 3 unspecified atom stereocenters. The fourth-order valence-corrected chi connectivity index (χ4v) is 3.28. The normalized spacial score (nSPS) is 29.3. The van der Waals surface area contributed by atoms with Gasteiger partial charge < -0.3 is 5.73 Å². The van der Waals surface area contributed by atoms with E-state index >= 15 is 0 Å². The molecule has 0 aromatic heterocycles. The molecule has 0 aliphatic heterocycles. The van der Waals surface area contributed by atoms with Gasteiger partial charge in [0.25, 0.3) is 0 Å². The molecule has 1 aromatic carbocycles. The molecule has 17 heavy (non-hydrogen) atoms. The van der Waals surface area contributed by atoms with Gasteiger partial charge in [-0.1, -0.05) is 31.5 Å². The Morgan fingerprint density at radius 2 is 2.00 bits per heavy atom. The summed E-state index contributed by atoms with van der Waals surface area (Å²) in [5, 5.41) is 0. The summed E-state index contributed by atoms with van der Waals surface area (Å²) in [5.74, 6) is 2.22. The van der Waals surface area contributed by atoms with Gasteiger partial charge in [0.1, 0.15) is 0 Å². The molecule has 2 rings (SSSR count). The van der Waals surface area contributed by atoms with Crippen LogP contribution in [0.4, 0.5) is 0 Å². The summed E-state index contributed by atoms with van der Waals surface area (Å²) in [7, 11) is 0. The minimum Gasteiger partial charge on any atom is -0.330 e. The van der Waals surface area contributed by atoms with Crippen LogP contribution in [0.3, 0.4) is 0 Å². The maximum atomic E-state index is 5.96. The first kappa shape index (κ1) is 12.6. The lowest BCUT2D eigenvalue weighted by atomic mass is 9.70. The first-order valence-corrected chi connectivity index (χ1v) is 6.89. The van der Waals surface area contributed by atoms with Crippen LogP contribution < -0.4 is 5.73 Å². The second-order valence-electron chi connectivity index (χ2n) is 5.81. The summed E-state index contributed by atoms with van der Waals surface area (Å²) in [6.45, 7) is 7.69. The van der Waals surface area contributed by atoms with Crippen molar-refractivity contribution in [2.45, 2.75) is 46.0 Å². The van der Waals surface area contributed by atoms with Crippen molar-refractivity contribution in [2.75, 3.05) is 6.54 Å². The van der Waals surface area contributed by atoms with Gasteiger partial charge >= 0.3 is 0 Å². The monoisotopic (exact) mass is 231 g/mol. The number of benzene rings is 1. The van der Waals surface area contributed by atoms with E-state index in [0.717, 1.165) is 12.5 Å². The van der Waals surface area contributed by atoms with Crippen LogP contribution in [0, 0.1) is 25.7 Å². The standard InChI is InChI=1S/C16H25N/c1-11-7-8-14(10-17)16(9-11)15-6-4-5-12(2)13(15)3/h4-6,11,14,16H,7-10,17H2,1-3H3. The molecule has 2 N–H and O–H groups in total. The van der Waals surface area contributed by atoms with Crippen molar-refractivity contribution >= 4 is 0 Å². The van der Waals surface area contributed by atoms with Crippen molar-refractivity contribution < 1.29 is 0 Å². The van der Waals surface area contributed by atoms with Gasteiger partial charge in [-0.15, -0.1) is 0 Å². The Morgan fingerprint density at radius 1 is 1.24 bits per heavy atom. The summed E-state index contributed by atoms with van der Waals surface area (Å²) in [6.07, 6.45) is 3.96. The molecule has 94 valence electrons. The molecule has 1 aromatic rings. The smallest absolute Gasteiger partial charge is 0.00430 e. The average molecular weight is 231 g/mol. The van der Waals surface area contributed by atoms with E-state index in [-0.39, 0.29) is 0 Å². The molecule has 1 aliphatic carbocycles. The summed E-state index contributed by atoms with van der Waals surface area (Å²) in [4.78, 5) is 0. The van der Waals surface area contributed by atoms with Gasteiger partial charge in [-0.3, -0.25) is 0 Å². The second kappa shape index (κ2) is 5.22. The Bertz CT molecular complexity index is 383. The summed E-state index contributed by atoms with van der Waals surface area (Å²) < 4.78 is 0. The Kier molecular flexibility index (Phi) is 3.88. The summed E-state index contributed by atoms with van der Waals surface area (Å²) in [5.41, 5.74) is 10.4. The Balaban J connectivity index is 2.32. The summed E-state index contributed by atoms with van der Waals surface area (Å²) >= 11 is 0. The molecule has 0 saturated heterocycles. The van der Waals surface area contributed by atoms with E-state index < -0.39 is 0 Å². The third-order valence-corrected chi connectivity index (χ3v) is 4.60. The van der Waals surface area contributed by atoms with E-state index in [0.29, 0.717) is 11.8 Å². The predicted octanol–water partition coefficient (Wildman–Crippen LogP) is 3.78. The van der Waals surface area contributed by atoms with Gasteiger partial charge in [0, 0.05) is 0 Å². The first-order valence-electron chi connectivity index (χ1n) is 6.89. The third kappa shape index (κ3) is 2.55. The highest BCUT2D eigenvalue weighted by Crippen LogP contribution is 2.41. The zero-order valence-corrected chi connectivity index (χ0v) is 11.4. The zero-order chi connectivity index (χ0) is 12.4. The highest BCUT2D eigenvalue weighted by Gasteiger charge is 2.29. The quantitative estimate of drug-likeness (QED) is 0.823. The molecular weight excluding hydrogens is 206 g/mol. The van der Waals surface area contributed by atoms with Crippen LogP contribution >= 0.6 is 0 Å². The van der Waals surface area contributed by atoms with Crippen molar-refractivity contribution in [2.24, 2.45) is 17.6 Å². The van der Waals surface area contributed by atoms with Crippen molar-refractivity contribution in [3.63, 3.8) is 0 Å². The molecular formula is C16H25N. The molecule has 1 saturated carbocycles. The van der Waals surface area contributed by atoms with Crippen LogP contribution in [0.1, 0.15) is 48.8 Å². The van der Waals surface area contributed by atoms with Gasteiger partial charge in [0.15, 0.2) is 0 Å². The Hall–Kier alpha value is -0.820. The topological polar surface area (TPSA) is 26.0 Å². The molecule has 0 radical (unpaired) electrons. The van der Waals surface area contributed by atoms with Crippen LogP contribution in [0.2, 0.25) is 0 Å². The van der Waals surface area contributed by atoms with E-state index in [1.807, 2.05) is 0 Å². The zero-order valence-electron chi connectivity index (χ0n) is 11.4. The predicted molar refractivity (Wildman–Crippen MR) is 74.2 cm³/mol. The SMILES string of the molecule is Cc1cccc(C2CC(C)CCC2CN)c1C. The number of rotatable bonds is 2. The lowest BCUT2D eigenvalue weighted by molar-refractivity contribution is 0.253. The minimum absolute atomic E-state index is 0.684. The van der Waals surface area contributed by atoms with Crippen molar-refractivity contribution in [3.8, 4) is 0 Å². The van der Waals surface area contributed by atoms with Gasteiger partial charge in [-0.2, -0.15) is 0 Å². The number of hydrogen-bond acceptors (Lipinski definition) is 1. The minimum atomic E-state index is 0.684. The van der Waals surface area contributed by atoms with E-state index in [9.17, 15) is 0 Å². The number of nitrogens with two attached hydrogens (primary N) is 1. The molecule has 3 atom stereocenters. The number of aryl methyl sites for hydroxylation is 1. The summed E-state index contributed by atoms with van der Waals surface area (Å²) in [6, 6.07) is 6.72. The third-order valence-electron chi connectivity index (χ3n) is 4.60. The molecule has 1 aliphatic rings. The van der Waals surface area contributed by atoms with Gasteiger partial charge in [-0.25, -0.2) is 0 Å². The van der Waals surface area contributed by atoms with Gasteiger partial charge in [0.2, 0.25) is 0 Å². The fourth-order valence-electron chi connectivity index (χ4n) is 3.28. The van der Waals surface area contributed by atoms with Crippen LogP contribution in [-0.2, 0) is 0 Å². The van der Waals surface area contributed by atoms with E-state index in [1.54, 1.807) is 5.56 Å². The van der Waals surface area contributed by atoms with E-state index in [2.05, 4.69) is 39.0 Å². The van der Waals surface area contributed by atoms with Crippen LogP contribution in [0.15, 0.2) is 18.2 Å². The lowest BCUT2D eigenvalue weighted by Crippen LogP contribution is -2.28. The fraction of sp³-hybridized carbons (Fsp3) is 0.625. The van der Waals surface area contributed by atoms with Crippen molar-refractivity contribution in [1.29, 1.82) is 0 Å². The second-order valence-corrected chi connectivity index (χ2v) is 5.81. The maximum absolute atomic E-state index is 5.96. The lowest BCUT2D eigenvalue weighted by Gasteiger charge is -2.35. The molecule has 0 spiro atoms. The molecule has 0 bridgehead atoms. The molecule has 1 nitrogen and oxygen atoms in total. The van der Waals surface area contributed by atoms with Crippen LogP contribution in [-0.4, -0.2) is 6.54 Å². The van der Waals surface area contributed by atoms with Crippen molar-refractivity contribution in [1.82, 2.24) is 0 Å². The highest BCUT2D eigenvalue weighted by atomic mass is 14.6. The van der Waals surface area contributed by atoms with E-state index in [4.69, 9.17) is 5.73 Å². The molecule has 1 fully saturated rings. The van der Waals surface area contributed by atoms with E-state index in [1.165, 1.54) is 30.4 Å². The molecule has 1 heteroatoms. The highest BCUT2D eigenvalue weighted by molar-refractivity contribution is 5.36. The van der Waals surface area contributed by atoms with Gasteiger partial charge in [0.05, 0.1) is 0 Å². The largest absolute Gasteiger partial charge is 0.330 e. The number of hydrogen-bond donors (Lipinski definition) is 1. The van der Waals surface area contributed by atoms with Crippen LogP contribution in [0.5, 0.6) is 0 Å². The molecule has 0 heterocycles. The van der Waals surface area contributed by atoms with Gasteiger partial charge in [-0.05, 0) is 67.7 Å². The average Bonchev–Trinajstić information content (AvgIpc) is 2.33. The van der Waals surface area contributed by atoms with Crippen LogP contribution in [0.25, 0.3) is 0 Å². The molecule has 0 amide bonds. The maximum Gasteiger partial charge on any atom is -0.00430 e. The Labute approximate surface area is 105 Å². The Morgan fingerprint density at radius 3 is 2.71 bits per heavy atom. The first-order chi connectivity index (χ1) is 8.13.